The first-order valence-corrected chi connectivity index (χ1v) is 9.67. The molecule has 2 heterocycles. The van der Waals surface area contributed by atoms with Gasteiger partial charge in [-0.1, -0.05) is 35.5 Å². The van der Waals surface area contributed by atoms with Gasteiger partial charge in [-0.2, -0.15) is 4.98 Å². The SMILES string of the molecule is O=C(NCCc1ccccc1)N1CCCC(Cc2nc(C3CC3)no2)C1. The highest BCUT2D eigenvalue weighted by Crippen LogP contribution is 2.38. The summed E-state index contributed by atoms with van der Waals surface area (Å²) < 4.78 is 5.40. The van der Waals surface area contributed by atoms with Gasteiger partial charge in [0.2, 0.25) is 5.89 Å². The minimum atomic E-state index is 0.0369. The number of hydrogen-bond donors (Lipinski definition) is 1. The van der Waals surface area contributed by atoms with E-state index in [0.29, 0.717) is 18.4 Å². The molecule has 138 valence electrons. The van der Waals surface area contributed by atoms with E-state index >= 15 is 0 Å². The summed E-state index contributed by atoms with van der Waals surface area (Å²) in [6, 6.07) is 10.3. The van der Waals surface area contributed by atoms with Crippen LogP contribution in [0.25, 0.3) is 0 Å². The van der Waals surface area contributed by atoms with Crippen molar-refractivity contribution in [3.63, 3.8) is 0 Å². The lowest BCUT2D eigenvalue weighted by atomic mass is 9.95. The van der Waals surface area contributed by atoms with Crippen LogP contribution in [-0.4, -0.2) is 40.7 Å². The smallest absolute Gasteiger partial charge is 0.317 e. The largest absolute Gasteiger partial charge is 0.339 e. The van der Waals surface area contributed by atoms with Gasteiger partial charge in [-0.3, -0.25) is 0 Å². The van der Waals surface area contributed by atoms with Crippen LogP contribution < -0.4 is 5.32 Å². The monoisotopic (exact) mass is 354 g/mol. The first kappa shape index (κ1) is 17.1. The molecule has 1 N–H and O–H groups in total. The molecule has 2 aliphatic rings. The van der Waals surface area contributed by atoms with E-state index in [2.05, 4.69) is 27.6 Å². The summed E-state index contributed by atoms with van der Waals surface area (Å²) in [5.74, 6) is 2.51. The summed E-state index contributed by atoms with van der Waals surface area (Å²) in [6.45, 7) is 2.25. The van der Waals surface area contributed by atoms with Crippen molar-refractivity contribution >= 4 is 6.03 Å². The Labute approximate surface area is 154 Å². The van der Waals surface area contributed by atoms with Crippen LogP contribution in [0.4, 0.5) is 4.79 Å². The van der Waals surface area contributed by atoms with Crippen LogP contribution in [0, 0.1) is 5.92 Å². The number of hydrogen-bond acceptors (Lipinski definition) is 4. The van der Waals surface area contributed by atoms with Crippen LogP contribution in [-0.2, 0) is 12.8 Å². The molecule has 2 amide bonds. The molecule has 6 nitrogen and oxygen atoms in total. The van der Waals surface area contributed by atoms with Gasteiger partial charge in [0, 0.05) is 32.0 Å². The normalized spacial score (nSPS) is 20.2. The van der Waals surface area contributed by atoms with Gasteiger partial charge in [0.05, 0.1) is 0 Å². The average molecular weight is 354 g/mol. The van der Waals surface area contributed by atoms with Gasteiger partial charge < -0.3 is 14.7 Å². The van der Waals surface area contributed by atoms with Gasteiger partial charge >= 0.3 is 6.03 Å². The molecule has 1 aromatic heterocycles. The van der Waals surface area contributed by atoms with Crippen molar-refractivity contribution < 1.29 is 9.32 Å². The van der Waals surface area contributed by atoms with Crippen LogP contribution in [0.5, 0.6) is 0 Å². The first-order valence-electron chi connectivity index (χ1n) is 9.67. The number of likely N-dealkylation sites (tertiary alicyclic amines) is 1. The lowest BCUT2D eigenvalue weighted by molar-refractivity contribution is 0.162. The molecule has 2 aromatic rings. The highest BCUT2D eigenvalue weighted by molar-refractivity contribution is 5.74. The van der Waals surface area contributed by atoms with Crippen molar-refractivity contribution in [1.82, 2.24) is 20.4 Å². The van der Waals surface area contributed by atoms with E-state index in [0.717, 1.165) is 50.5 Å². The van der Waals surface area contributed by atoms with Gasteiger partial charge in [-0.25, -0.2) is 4.79 Å². The van der Waals surface area contributed by atoms with Crippen LogP contribution in [0.2, 0.25) is 0 Å². The Kier molecular flexibility index (Phi) is 5.18. The second kappa shape index (κ2) is 7.89. The van der Waals surface area contributed by atoms with E-state index in [1.165, 1.54) is 18.4 Å². The molecule has 4 rings (SSSR count). The lowest BCUT2D eigenvalue weighted by Crippen LogP contribution is -2.46. The predicted molar refractivity (Wildman–Crippen MR) is 97.8 cm³/mol. The Hall–Kier alpha value is -2.37. The maximum Gasteiger partial charge on any atom is 0.317 e. The second-order valence-electron chi connectivity index (χ2n) is 7.45. The van der Waals surface area contributed by atoms with Gasteiger partial charge in [0.15, 0.2) is 5.82 Å². The summed E-state index contributed by atoms with van der Waals surface area (Å²) in [6.07, 6.45) is 6.12. The van der Waals surface area contributed by atoms with E-state index < -0.39 is 0 Å². The van der Waals surface area contributed by atoms with Gasteiger partial charge in [0.25, 0.3) is 0 Å². The Balaban J connectivity index is 1.23. The zero-order chi connectivity index (χ0) is 17.8. The average Bonchev–Trinajstić information content (AvgIpc) is 3.42. The molecule has 0 radical (unpaired) electrons. The van der Waals surface area contributed by atoms with Gasteiger partial charge in [-0.15, -0.1) is 0 Å². The number of urea groups is 1. The third kappa shape index (κ3) is 4.42. The fraction of sp³-hybridized carbons (Fsp3) is 0.550. The van der Waals surface area contributed by atoms with E-state index in [4.69, 9.17) is 4.52 Å². The highest BCUT2D eigenvalue weighted by atomic mass is 16.5. The van der Waals surface area contributed by atoms with E-state index in [-0.39, 0.29) is 6.03 Å². The van der Waals surface area contributed by atoms with Gasteiger partial charge in [0.1, 0.15) is 0 Å². The zero-order valence-corrected chi connectivity index (χ0v) is 15.1. The minimum Gasteiger partial charge on any atom is -0.339 e. The topological polar surface area (TPSA) is 71.3 Å². The first-order chi connectivity index (χ1) is 12.8. The molecule has 2 fully saturated rings. The minimum absolute atomic E-state index is 0.0369. The number of piperidine rings is 1. The summed E-state index contributed by atoms with van der Waals surface area (Å²) >= 11 is 0. The number of nitrogens with one attached hydrogen (secondary N) is 1. The van der Waals surface area contributed by atoms with Crippen molar-refractivity contribution in [1.29, 1.82) is 0 Å². The number of rotatable bonds is 6. The Morgan fingerprint density at radius 1 is 1.23 bits per heavy atom. The van der Waals surface area contributed by atoms with Crippen LogP contribution in [0.3, 0.4) is 0 Å². The predicted octanol–water partition coefficient (Wildman–Crippen LogP) is 3.15. The summed E-state index contributed by atoms with van der Waals surface area (Å²) in [5.41, 5.74) is 1.24. The van der Waals surface area contributed by atoms with E-state index in [1.54, 1.807) is 0 Å². The van der Waals surface area contributed by atoms with Crippen LogP contribution in [0.1, 0.15) is 48.9 Å². The van der Waals surface area contributed by atoms with Crippen LogP contribution >= 0.6 is 0 Å². The molecule has 1 saturated carbocycles. The summed E-state index contributed by atoms with van der Waals surface area (Å²) in [5, 5.41) is 7.14. The number of aromatic nitrogens is 2. The standard InChI is InChI=1S/C20H26N4O2/c25-20(21-11-10-15-5-2-1-3-6-15)24-12-4-7-16(14-24)13-18-22-19(23-26-18)17-8-9-17/h1-3,5-6,16-17H,4,7-14H2,(H,21,25). The van der Waals surface area contributed by atoms with Crippen molar-refractivity contribution in [3.05, 3.63) is 47.6 Å². The number of carbonyl (C=O) groups excluding carboxylic acids is 1. The van der Waals surface area contributed by atoms with E-state index in [9.17, 15) is 4.79 Å². The number of carbonyl (C=O) groups is 1. The Morgan fingerprint density at radius 2 is 2.08 bits per heavy atom. The van der Waals surface area contributed by atoms with Gasteiger partial charge in [-0.05, 0) is 43.6 Å². The maximum atomic E-state index is 12.5. The van der Waals surface area contributed by atoms with Crippen molar-refractivity contribution in [3.8, 4) is 0 Å². The molecule has 26 heavy (non-hydrogen) atoms. The maximum absolute atomic E-state index is 12.5. The Bertz CT molecular complexity index is 726. The zero-order valence-electron chi connectivity index (χ0n) is 15.1. The van der Waals surface area contributed by atoms with E-state index in [1.807, 2.05) is 23.1 Å². The molecule has 1 atom stereocenters. The fourth-order valence-corrected chi connectivity index (χ4v) is 3.59. The van der Waals surface area contributed by atoms with Crippen LogP contribution in [0.15, 0.2) is 34.9 Å². The second-order valence-corrected chi connectivity index (χ2v) is 7.45. The summed E-state index contributed by atoms with van der Waals surface area (Å²) in [7, 11) is 0. The number of amides is 2. The molecule has 1 unspecified atom stereocenters. The van der Waals surface area contributed by atoms with Crippen molar-refractivity contribution in [2.24, 2.45) is 5.92 Å². The quantitative estimate of drug-likeness (QED) is 0.865. The summed E-state index contributed by atoms with van der Waals surface area (Å²) in [4.78, 5) is 18.9. The number of nitrogens with zero attached hydrogens (tertiary/aromatic N) is 3. The Morgan fingerprint density at radius 3 is 2.88 bits per heavy atom. The molecule has 1 aliphatic carbocycles. The third-order valence-corrected chi connectivity index (χ3v) is 5.23. The molecule has 0 bridgehead atoms. The van der Waals surface area contributed by atoms with Crippen molar-refractivity contribution in [2.45, 2.75) is 44.4 Å². The molecule has 1 aromatic carbocycles. The fourth-order valence-electron chi connectivity index (χ4n) is 3.59. The molecule has 1 saturated heterocycles. The molecule has 0 spiro atoms. The third-order valence-electron chi connectivity index (χ3n) is 5.23. The molecular weight excluding hydrogens is 328 g/mol. The number of benzene rings is 1. The molecule has 1 aliphatic heterocycles. The van der Waals surface area contributed by atoms with Crippen molar-refractivity contribution in [2.75, 3.05) is 19.6 Å². The lowest BCUT2D eigenvalue weighted by Gasteiger charge is -2.32. The molecule has 6 heteroatoms. The molecular formula is C20H26N4O2. The highest BCUT2D eigenvalue weighted by Gasteiger charge is 2.30.